The van der Waals surface area contributed by atoms with Crippen molar-refractivity contribution in [3.05, 3.63) is 36.0 Å². The summed E-state index contributed by atoms with van der Waals surface area (Å²) in [6.45, 7) is 3.26. The minimum Gasteiger partial charge on any atom is -0.385 e. The molecular formula is C18H25N3O3. The summed E-state index contributed by atoms with van der Waals surface area (Å²) in [5.74, 6) is -0.234. The zero-order valence-electron chi connectivity index (χ0n) is 14.3. The number of fused-ring (bicyclic) bond motifs is 1. The lowest BCUT2D eigenvalue weighted by Crippen LogP contribution is -2.41. The first-order chi connectivity index (χ1) is 11.6. The van der Waals surface area contributed by atoms with Gasteiger partial charge in [0.15, 0.2) is 0 Å². The third-order valence-electron chi connectivity index (χ3n) is 3.95. The SMILES string of the molecule is COCCCNC(=O)CN(CCc1c[nH]c2ccccc12)C(C)=O. The van der Waals surface area contributed by atoms with Gasteiger partial charge >= 0.3 is 0 Å². The van der Waals surface area contributed by atoms with E-state index in [-0.39, 0.29) is 18.4 Å². The molecule has 0 fully saturated rings. The maximum atomic E-state index is 11.9. The molecule has 24 heavy (non-hydrogen) atoms. The quantitative estimate of drug-likeness (QED) is 0.687. The van der Waals surface area contributed by atoms with E-state index in [2.05, 4.69) is 16.4 Å². The number of benzene rings is 1. The fourth-order valence-corrected chi connectivity index (χ4v) is 2.62. The van der Waals surface area contributed by atoms with Gasteiger partial charge < -0.3 is 19.9 Å². The van der Waals surface area contributed by atoms with Crippen LogP contribution in [0.5, 0.6) is 0 Å². The summed E-state index contributed by atoms with van der Waals surface area (Å²) in [4.78, 5) is 28.5. The summed E-state index contributed by atoms with van der Waals surface area (Å²) >= 11 is 0. The van der Waals surface area contributed by atoms with E-state index in [1.165, 1.54) is 6.92 Å². The Balaban J connectivity index is 1.87. The number of aromatic amines is 1. The van der Waals surface area contributed by atoms with E-state index in [4.69, 9.17) is 4.74 Å². The van der Waals surface area contributed by atoms with Gasteiger partial charge in [-0.05, 0) is 24.5 Å². The van der Waals surface area contributed by atoms with Gasteiger partial charge in [-0.25, -0.2) is 0 Å². The van der Waals surface area contributed by atoms with Gasteiger partial charge in [0.2, 0.25) is 11.8 Å². The molecule has 2 aromatic rings. The van der Waals surface area contributed by atoms with Crippen LogP contribution in [0.1, 0.15) is 18.9 Å². The number of nitrogens with zero attached hydrogens (tertiary/aromatic N) is 1. The summed E-state index contributed by atoms with van der Waals surface area (Å²) in [6.07, 6.45) is 3.44. The van der Waals surface area contributed by atoms with Crippen LogP contribution in [0.15, 0.2) is 30.5 Å². The molecule has 0 saturated heterocycles. The molecule has 0 aliphatic rings. The zero-order chi connectivity index (χ0) is 17.4. The lowest BCUT2D eigenvalue weighted by Gasteiger charge is -2.20. The molecule has 6 nitrogen and oxygen atoms in total. The number of amides is 2. The number of nitrogens with one attached hydrogen (secondary N) is 2. The third-order valence-corrected chi connectivity index (χ3v) is 3.95. The lowest BCUT2D eigenvalue weighted by molar-refractivity contribution is -0.134. The average Bonchev–Trinajstić information content (AvgIpc) is 2.98. The summed E-state index contributed by atoms with van der Waals surface area (Å²) in [5.41, 5.74) is 2.23. The molecule has 0 bridgehead atoms. The molecule has 2 rings (SSSR count). The van der Waals surface area contributed by atoms with E-state index in [0.29, 0.717) is 26.1 Å². The Morgan fingerprint density at radius 3 is 2.83 bits per heavy atom. The average molecular weight is 331 g/mol. The molecule has 1 aromatic carbocycles. The fraction of sp³-hybridized carbons (Fsp3) is 0.444. The number of carbonyl (C=O) groups is 2. The van der Waals surface area contributed by atoms with Crippen molar-refractivity contribution in [2.75, 3.05) is 33.4 Å². The van der Waals surface area contributed by atoms with Crippen LogP contribution in [0, 0.1) is 0 Å². The van der Waals surface area contributed by atoms with Crippen LogP contribution in [-0.4, -0.2) is 55.0 Å². The van der Waals surface area contributed by atoms with Gasteiger partial charge in [0, 0.05) is 50.8 Å². The molecule has 0 saturated carbocycles. The highest BCUT2D eigenvalue weighted by atomic mass is 16.5. The number of H-pyrrole nitrogens is 1. The summed E-state index contributed by atoms with van der Waals surface area (Å²) in [7, 11) is 1.63. The van der Waals surface area contributed by atoms with Crippen LogP contribution in [0.4, 0.5) is 0 Å². The van der Waals surface area contributed by atoms with Gasteiger partial charge in [-0.3, -0.25) is 9.59 Å². The molecule has 0 aliphatic heterocycles. The first kappa shape index (κ1) is 18.0. The van der Waals surface area contributed by atoms with Crippen LogP contribution < -0.4 is 5.32 Å². The third kappa shape index (κ3) is 5.09. The second-order valence-corrected chi connectivity index (χ2v) is 5.75. The highest BCUT2D eigenvalue weighted by Gasteiger charge is 2.14. The van der Waals surface area contributed by atoms with Crippen LogP contribution in [0.25, 0.3) is 10.9 Å². The maximum Gasteiger partial charge on any atom is 0.239 e. The summed E-state index contributed by atoms with van der Waals surface area (Å²) in [6, 6.07) is 8.06. The Labute approximate surface area is 142 Å². The van der Waals surface area contributed by atoms with Crippen molar-refractivity contribution in [3.63, 3.8) is 0 Å². The molecular weight excluding hydrogens is 306 g/mol. The van der Waals surface area contributed by atoms with Crippen LogP contribution in [0.3, 0.4) is 0 Å². The molecule has 0 aliphatic carbocycles. The Morgan fingerprint density at radius 1 is 1.29 bits per heavy atom. The van der Waals surface area contributed by atoms with Crippen molar-refractivity contribution in [3.8, 4) is 0 Å². The predicted molar refractivity (Wildman–Crippen MR) is 93.8 cm³/mol. The highest BCUT2D eigenvalue weighted by molar-refractivity contribution is 5.84. The molecule has 6 heteroatoms. The van der Waals surface area contributed by atoms with Crippen molar-refractivity contribution in [2.24, 2.45) is 0 Å². The van der Waals surface area contributed by atoms with Crippen molar-refractivity contribution >= 4 is 22.7 Å². The first-order valence-electron chi connectivity index (χ1n) is 8.18. The van der Waals surface area contributed by atoms with E-state index >= 15 is 0 Å². The molecule has 1 aromatic heterocycles. The summed E-state index contributed by atoms with van der Waals surface area (Å²) < 4.78 is 4.94. The van der Waals surface area contributed by atoms with Gasteiger partial charge in [0.05, 0.1) is 6.54 Å². The molecule has 0 radical (unpaired) electrons. The van der Waals surface area contributed by atoms with Gasteiger partial charge in [0.25, 0.3) is 0 Å². The van der Waals surface area contributed by atoms with Crippen molar-refractivity contribution in [1.82, 2.24) is 15.2 Å². The second-order valence-electron chi connectivity index (χ2n) is 5.75. The lowest BCUT2D eigenvalue weighted by atomic mass is 10.1. The number of hydrogen-bond donors (Lipinski definition) is 2. The number of methoxy groups -OCH3 is 1. The largest absolute Gasteiger partial charge is 0.385 e. The number of rotatable bonds is 9. The van der Waals surface area contributed by atoms with E-state index in [9.17, 15) is 9.59 Å². The molecule has 130 valence electrons. The Hall–Kier alpha value is -2.34. The molecule has 1 heterocycles. The number of para-hydroxylation sites is 1. The number of carbonyl (C=O) groups excluding carboxylic acids is 2. The van der Waals surface area contributed by atoms with Crippen molar-refractivity contribution in [2.45, 2.75) is 19.8 Å². The second kappa shape index (κ2) is 9.08. The van der Waals surface area contributed by atoms with Crippen molar-refractivity contribution < 1.29 is 14.3 Å². The van der Waals surface area contributed by atoms with E-state index in [1.54, 1.807) is 12.0 Å². The molecule has 0 unspecified atom stereocenters. The van der Waals surface area contributed by atoms with Crippen LogP contribution in [-0.2, 0) is 20.7 Å². The van der Waals surface area contributed by atoms with Gasteiger partial charge in [0.1, 0.15) is 0 Å². The van der Waals surface area contributed by atoms with Gasteiger partial charge in [-0.15, -0.1) is 0 Å². The summed E-state index contributed by atoms with van der Waals surface area (Å²) in [5, 5.41) is 3.96. The van der Waals surface area contributed by atoms with E-state index in [0.717, 1.165) is 22.9 Å². The monoisotopic (exact) mass is 331 g/mol. The van der Waals surface area contributed by atoms with Crippen LogP contribution >= 0.6 is 0 Å². The van der Waals surface area contributed by atoms with Gasteiger partial charge in [-0.1, -0.05) is 18.2 Å². The zero-order valence-corrected chi connectivity index (χ0v) is 14.3. The normalized spacial score (nSPS) is 10.8. The maximum absolute atomic E-state index is 11.9. The molecule has 2 amide bonds. The Bertz CT molecular complexity index is 681. The highest BCUT2D eigenvalue weighted by Crippen LogP contribution is 2.18. The van der Waals surface area contributed by atoms with E-state index in [1.807, 2.05) is 24.4 Å². The number of hydrogen-bond acceptors (Lipinski definition) is 3. The number of ether oxygens (including phenoxy) is 1. The van der Waals surface area contributed by atoms with Crippen molar-refractivity contribution in [1.29, 1.82) is 0 Å². The smallest absolute Gasteiger partial charge is 0.239 e. The molecule has 2 N–H and O–H groups in total. The minimum absolute atomic E-state index is 0.0880. The topological polar surface area (TPSA) is 74.4 Å². The minimum atomic E-state index is -0.139. The molecule has 0 atom stereocenters. The fourth-order valence-electron chi connectivity index (χ4n) is 2.62. The van der Waals surface area contributed by atoms with Crippen LogP contribution in [0.2, 0.25) is 0 Å². The molecule has 0 spiro atoms. The van der Waals surface area contributed by atoms with E-state index < -0.39 is 0 Å². The standard InChI is InChI=1S/C18H25N3O3/c1-14(22)21(13-18(23)19-9-5-11-24-2)10-8-15-12-20-17-7-4-3-6-16(15)17/h3-4,6-7,12,20H,5,8-11,13H2,1-2H3,(H,19,23). The first-order valence-corrected chi connectivity index (χ1v) is 8.18. The Morgan fingerprint density at radius 2 is 2.08 bits per heavy atom. The number of aromatic nitrogens is 1. The predicted octanol–water partition coefficient (Wildman–Crippen LogP) is 1.71. The van der Waals surface area contributed by atoms with Gasteiger partial charge in [-0.2, -0.15) is 0 Å². The Kier molecular flexibility index (Phi) is 6.81.